The number of aromatic nitrogens is 1. The topological polar surface area (TPSA) is 82.5 Å². The first-order valence-electron chi connectivity index (χ1n) is 5.96. The maximum atomic E-state index is 9.19. The fourth-order valence-electron chi connectivity index (χ4n) is 2.25. The van der Waals surface area contributed by atoms with Gasteiger partial charge in [-0.2, -0.15) is 8.42 Å². The summed E-state index contributed by atoms with van der Waals surface area (Å²) >= 11 is 11.7. The van der Waals surface area contributed by atoms with Gasteiger partial charge < -0.3 is 10.2 Å². The monoisotopic (exact) mass is 339 g/mol. The molecule has 0 aromatic carbocycles. The van der Waals surface area contributed by atoms with Gasteiger partial charge in [0.1, 0.15) is 5.15 Å². The number of rotatable bonds is 1. The molecule has 1 aromatic heterocycles. The summed E-state index contributed by atoms with van der Waals surface area (Å²) in [6.07, 6.45) is 2.51. The fourth-order valence-corrected chi connectivity index (χ4v) is 2.51. The van der Waals surface area contributed by atoms with Crippen molar-refractivity contribution in [3.05, 3.63) is 22.4 Å². The van der Waals surface area contributed by atoms with Crippen LogP contribution in [0, 0.1) is 5.92 Å². The van der Waals surface area contributed by atoms with Crippen molar-refractivity contribution in [2.24, 2.45) is 5.92 Å². The molecule has 2 unspecified atom stereocenters. The minimum absolute atomic E-state index is 0.376. The Morgan fingerprint density at radius 1 is 1.45 bits per heavy atom. The van der Waals surface area contributed by atoms with Gasteiger partial charge in [-0.05, 0) is 6.07 Å². The van der Waals surface area contributed by atoms with Crippen LogP contribution in [-0.2, 0) is 10.1 Å². The van der Waals surface area contributed by atoms with Gasteiger partial charge in [0.05, 0.1) is 23.2 Å². The number of pyridine rings is 1. The highest BCUT2D eigenvalue weighted by Gasteiger charge is 2.39. The molecule has 1 aromatic rings. The second-order valence-electron chi connectivity index (χ2n) is 4.88. The third-order valence-electron chi connectivity index (χ3n) is 3.23. The Kier molecular flexibility index (Phi) is 4.76. The maximum absolute atomic E-state index is 9.19. The molecule has 0 spiro atoms. The van der Waals surface area contributed by atoms with E-state index in [0.29, 0.717) is 22.5 Å². The number of nitrogens with one attached hydrogen (secondary N) is 1. The van der Waals surface area contributed by atoms with E-state index in [1.54, 1.807) is 6.20 Å². The normalized spacial score (nSPS) is 24.5. The molecule has 2 fully saturated rings. The van der Waals surface area contributed by atoms with Crippen LogP contribution in [0.1, 0.15) is 0 Å². The average Bonchev–Trinajstić information content (AvgIpc) is 2.57. The van der Waals surface area contributed by atoms with E-state index in [-0.39, 0.29) is 0 Å². The van der Waals surface area contributed by atoms with Gasteiger partial charge in [0.25, 0.3) is 10.1 Å². The standard InChI is InChI=1S/C10H11Cl2N3.CH4O3S/c11-8-1-7(3-14-10(8)12)15-4-6-2-13-9(6)5-15;1-5(2,3)4/h1,3,6,9,13H,2,4-5H2;1H3,(H,2,3,4). The van der Waals surface area contributed by atoms with Crippen molar-refractivity contribution in [2.75, 3.05) is 30.8 Å². The second-order valence-corrected chi connectivity index (χ2v) is 7.11. The van der Waals surface area contributed by atoms with Gasteiger partial charge in [-0.3, -0.25) is 4.55 Å². The number of nitrogens with zero attached hydrogens (tertiary/aromatic N) is 2. The van der Waals surface area contributed by atoms with E-state index in [1.165, 1.54) is 0 Å². The molecule has 2 saturated heterocycles. The summed E-state index contributed by atoms with van der Waals surface area (Å²) in [7, 11) is -3.67. The third kappa shape index (κ3) is 4.20. The smallest absolute Gasteiger partial charge is 0.261 e. The van der Waals surface area contributed by atoms with E-state index in [0.717, 1.165) is 31.2 Å². The Morgan fingerprint density at radius 3 is 2.50 bits per heavy atom. The first kappa shape index (κ1) is 15.8. The van der Waals surface area contributed by atoms with Crippen molar-refractivity contribution in [2.45, 2.75) is 6.04 Å². The second kappa shape index (κ2) is 6.03. The van der Waals surface area contributed by atoms with Gasteiger partial charge in [0.2, 0.25) is 0 Å². The molecule has 3 rings (SSSR count). The first-order valence-corrected chi connectivity index (χ1v) is 8.56. The van der Waals surface area contributed by atoms with Gasteiger partial charge in [0, 0.05) is 31.6 Å². The molecule has 3 heterocycles. The molecule has 2 atom stereocenters. The zero-order valence-corrected chi connectivity index (χ0v) is 13.1. The van der Waals surface area contributed by atoms with Crippen LogP contribution in [0.25, 0.3) is 0 Å². The van der Waals surface area contributed by atoms with Crippen LogP contribution in [0.4, 0.5) is 5.69 Å². The van der Waals surface area contributed by atoms with E-state index >= 15 is 0 Å². The highest BCUT2D eigenvalue weighted by atomic mass is 35.5. The molecular formula is C11H15Cl2N3O3S. The highest BCUT2D eigenvalue weighted by molar-refractivity contribution is 7.85. The summed E-state index contributed by atoms with van der Waals surface area (Å²) in [6, 6.07) is 2.54. The summed E-state index contributed by atoms with van der Waals surface area (Å²) < 4.78 is 25.9. The number of hydrogen-bond acceptors (Lipinski definition) is 5. The van der Waals surface area contributed by atoms with Gasteiger partial charge >= 0.3 is 0 Å². The number of halogens is 2. The van der Waals surface area contributed by atoms with Gasteiger partial charge in [0.15, 0.2) is 0 Å². The lowest BCUT2D eigenvalue weighted by Crippen LogP contribution is -2.51. The number of anilines is 1. The molecular weight excluding hydrogens is 325 g/mol. The predicted molar refractivity (Wildman–Crippen MR) is 79.2 cm³/mol. The summed E-state index contributed by atoms with van der Waals surface area (Å²) in [6.45, 7) is 3.28. The number of fused-ring (bicyclic) bond motifs is 1. The molecule has 9 heteroatoms. The van der Waals surface area contributed by atoms with E-state index in [9.17, 15) is 8.42 Å². The molecule has 112 valence electrons. The summed E-state index contributed by atoms with van der Waals surface area (Å²) in [5, 5.41) is 4.32. The van der Waals surface area contributed by atoms with Crippen molar-refractivity contribution >= 4 is 39.0 Å². The van der Waals surface area contributed by atoms with Crippen molar-refractivity contribution in [1.29, 1.82) is 0 Å². The van der Waals surface area contributed by atoms with Crippen LogP contribution in [0.2, 0.25) is 10.2 Å². The van der Waals surface area contributed by atoms with Crippen molar-refractivity contribution in [3.8, 4) is 0 Å². The van der Waals surface area contributed by atoms with Gasteiger partial charge in [-0.1, -0.05) is 23.2 Å². The lowest BCUT2D eigenvalue weighted by atomic mass is 9.96. The van der Waals surface area contributed by atoms with Gasteiger partial charge in [-0.15, -0.1) is 0 Å². The Balaban J connectivity index is 0.000000257. The quantitative estimate of drug-likeness (QED) is 0.592. The third-order valence-corrected chi connectivity index (χ3v) is 3.92. The summed E-state index contributed by atoms with van der Waals surface area (Å²) in [4.78, 5) is 6.38. The Hall–Kier alpha value is -0.600. The van der Waals surface area contributed by atoms with E-state index in [4.69, 9.17) is 27.8 Å². The number of hydrogen-bond donors (Lipinski definition) is 2. The van der Waals surface area contributed by atoms with Crippen LogP contribution in [-0.4, -0.2) is 49.9 Å². The average molecular weight is 340 g/mol. The summed E-state index contributed by atoms with van der Waals surface area (Å²) in [5.41, 5.74) is 1.07. The van der Waals surface area contributed by atoms with Crippen molar-refractivity contribution in [1.82, 2.24) is 10.3 Å². The lowest BCUT2D eigenvalue weighted by Gasteiger charge is -2.29. The molecule has 0 radical (unpaired) electrons. The van der Waals surface area contributed by atoms with Crippen LogP contribution in [0.5, 0.6) is 0 Å². The zero-order chi connectivity index (χ0) is 14.9. The molecule has 2 aliphatic rings. The van der Waals surface area contributed by atoms with Crippen LogP contribution in [0.3, 0.4) is 0 Å². The highest BCUT2D eigenvalue weighted by Crippen LogP contribution is 2.30. The lowest BCUT2D eigenvalue weighted by molar-refractivity contribution is 0.297. The Morgan fingerprint density at radius 2 is 2.10 bits per heavy atom. The molecule has 0 amide bonds. The minimum Gasteiger partial charge on any atom is -0.368 e. The molecule has 6 nitrogen and oxygen atoms in total. The van der Waals surface area contributed by atoms with Gasteiger partial charge in [-0.25, -0.2) is 4.98 Å². The van der Waals surface area contributed by atoms with E-state index < -0.39 is 10.1 Å². The van der Waals surface area contributed by atoms with Crippen LogP contribution >= 0.6 is 23.2 Å². The molecule has 2 aliphatic heterocycles. The van der Waals surface area contributed by atoms with E-state index in [1.807, 2.05) is 6.07 Å². The zero-order valence-electron chi connectivity index (χ0n) is 10.8. The Labute approximate surface area is 127 Å². The molecule has 20 heavy (non-hydrogen) atoms. The van der Waals surface area contributed by atoms with Crippen molar-refractivity contribution < 1.29 is 13.0 Å². The molecule has 0 aliphatic carbocycles. The largest absolute Gasteiger partial charge is 0.368 e. The predicted octanol–water partition coefficient (Wildman–Crippen LogP) is 1.30. The fraction of sp³-hybridized carbons (Fsp3) is 0.545. The molecule has 0 bridgehead atoms. The Bertz CT molecular complexity index is 577. The van der Waals surface area contributed by atoms with Crippen LogP contribution in [0.15, 0.2) is 12.3 Å². The maximum Gasteiger partial charge on any atom is 0.261 e. The van der Waals surface area contributed by atoms with Crippen molar-refractivity contribution in [3.63, 3.8) is 0 Å². The van der Waals surface area contributed by atoms with E-state index in [2.05, 4.69) is 15.2 Å². The first-order chi connectivity index (χ1) is 9.24. The summed E-state index contributed by atoms with van der Waals surface area (Å²) in [5.74, 6) is 0.791. The molecule has 2 N–H and O–H groups in total. The van der Waals surface area contributed by atoms with Crippen LogP contribution < -0.4 is 10.2 Å². The minimum atomic E-state index is -3.67. The molecule has 0 saturated carbocycles. The SMILES string of the molecule is CS(=O)(=O)O.Clc1cc(N2CC3CNC3C2)cnc1Cl.